The van der Waals surface area contributed by atoms with Gasteiger partial charge < -0.3 is 24.4 Å². The van der Waals surface area contributed by atoms with Crippen LogP contribution in [0.15, 0.2) is 40.9 Å². The molecule has 1 aliphatic heterocycles. The molecule has 166 valence electrons. The van der Waals surface area contributed by atoms with E-state index in [1.165, 1.54) is 31.4 Å². The number of hydrogen-bond donors (Lipinski definition) is 1. The van der Waals surface area contributed by atoms with Crippen molar-refractivity contribution in [2.75, 3.05) is 32.1 Å². The van der Waals surface area contributed by atoms with Crippen molar-refractivity contribution in [3.05, 3.63) is 52.3 Å². The molecular weight excluding hydrogens is 487 g/mol. The van der Waals surface area contributed by atoms with Gasteiger partial charge in [0.25, 0.3) is 5.91 Å². The summed E-state index contributed by atoms with van der Waals surface area (Å²) < 4.78 is 30.6. The Bertz CT molecular complexity index is 947. The molecular formula is C22H24BrFN2O4S. The normalized spacial score (nSPS) is 18.4. The van der Waals surface area contributed by atoms with Gasteiger partial charge in [-0.3, -0.25) is 4.79 Å². The number of amides is 1. The molecule has 1 fully saturated rings. The second-order valence-electron chi connectivity index (χ2n) is 7.30. The Kier molecular flexibility index (Phi) is 7.85. The molecule has 9 heteroatoms. The predicted molar refractivity (Wildman–Crippen MR) is 125 cm³/mol. The zero-order chi connectivity index (χ0) is 22.5. The predicted octanol–water partition coefficient (Wildman–Crippen LogP) is 4.40. The zero-order valence-corrected chi connectivity index (χ0v) is 19.9. The minimum atomic E-state index is -0.378. The topological polar surface area (TPSA) is 60.0 Å². The second-order valence-corrected chi connectivity index (χ2v) is 8.54. The van der Waals surface area contributed by atoms with Gasteiger partial charge in [0.2, 0.25) is 0 Å². The first-order valence-corrected chi connectivity index (χ1v) is 11.0. The van der Waals surface area contributed by atoms with E-state index in [1.807, 2.05) is 19.9 Å². The van der Waals surface area contributed by atoms with Gasteiger partial charge >= 0.3 is 0 Å². The third-order valence-electron chi connectivity index (χ3n) is 4.66. The summed E-state index contributed by atoms with van der Waals surface area (Å²) in [6.07, 6.45) is 0.184. The lowest BCUT2D eigenvalue weighted by atomic mass is 10.1. The maximum atomic E-state index is 13.0. The monoisotopic (exact) mass is 510 g/mol. The number of nitrogens with one attached hydrogen (secondary N) is 1. The van der Waals surface area contributed by atoms with E-state index in [0.29, 0.717) is 39.7 Å². The molecule has 0 saturated carbocycles. The molecule has 0 bridgehead atoms. The molecule has 2 atom stereocenters. The standard InChI is InChI=1S/C22H24BrFN2O4S/c1-13-10-26(11-14(2)30-13)22(31)15-8-18(23)21(19(9-15)28-3)29-12-20(27)25-17-6-4-16(24)5-7-17/h4-9,13-14H,10-12H2,1-3H3,(H,25,27)/t13-,14+. The summed E-state index contributed by atoms with van der Waals surface area (Å²) in [5, 5.41) is 2.65. The van der Waals surface area contributed by atoms with Gasteiger partial charge in [0.15, 0.2) is 18.1 Å². The van der Waals surface area contributed by atoms with E-state index in [0.717, 1.165) is 5.56 Å². The molecule has 0 aliphatic carbocycles. The Morgan fingerprint density at radius 3 is 2.52 bits per heavy atom. The Labute approximate surface area is 194 Å². The highest BCUT2D eigenvalue weighted by atomic mass is 79.9. The highest BCUT2D eigenvalue weighted by Gasteiger charge is 2.25. The van der Waals surface area contributed by atoms with Gasteiger partial charge in [0.05, 0.1) is 23.8 Å². The summed E-state index contributed by atoms with van der Waals surface area (Å²) in [4.78, 5) is 15.0. The van der Waals surface area contributed by atoms with Crippen LogP contribution in [-0.2, 0) is 9.53 Å². The van der Waals surface area contributed by atoms with Crippen LogP contribution in [0, 0.1) is 5.82 Å². The van der Waals surface area contributed by atoms with Gasteiger partial charge in [-0.05, 0) is 66.2 Å². The van der Waals surface area contributed by atoms with Crippen LogP contribution in [0.25, 0.3) is 0 Å². The number of benzene rings is 2. The van der Waals surface area contributed by atoms with Gasteiger partial charge in [-0.2, -0.15) is 0 Å². The third-order valence-corrected chi connectivity index (χ3v) is 5.74. The van der Waals surface area contributed by atoms with Crippen molar-refractivity contribution in [2.24, 2.45) is 0 Å². The van der Waals surface area contributed by atoms with E-state index in [2.05, 4.69) is 26.1 Å². The minimum Gasteiger partial charge on any atom is -0.493 e. The number of methoxy groups -OCH3 is 1. The molecule has 1 amide bonds. The highest BCUT2D eigenvalue weighted by molar-refractivity contribution is 9.10. The van der Waals surface area contributed by atoms with Crippen LogP contribution in [0.4, 0.5) is 10.1 Å². The second kappa shape index (κ2) is 10.4. The van der Waals surface area contributed by atoms with Gasteiger partial charge in [0, 0.05) is 24.3 Å². The molecule has 0 unspecified atom stereocenters. The van der Waals surface area contributed by atoms with Crippen LogP contribution in [0.1, 0.15) is 19.4 Å². The molecule has 1 saturated heterocycles. The lowest BCUT2D eigenvalue weighted by Crippen LogP contribution is -2.47. The lowest BCUT2D eigenvalue weighted by Gasteiger charge is -2.37. The summed E-state index contributed by atoms with van der Waals surface area (Å²) in [5.74, 6) is 0.0982. The van der Waals surface area contributed by atoms with Crippen LogP contribution < -0.4 is 14.8 Å². The number of hydrogen-bond acceptors (Lipinski definition) is 5. The van der Waals surface area contributed by atoms with E-state index >= 15 is 0 Å². The number of thiocarbonyl (C=S) groups is 1. The van der Waals surface area contributed by atoms with Crippen molar-refractivity contribution < 1.29 is 23.4 Å². The number of carbonyl (C=O) groups excluding carboxylic acids is 1. The first kappa shape index (κ1) is 23.4. The highest BCUT2D eigenvalue weighted by Crippen LogP contribution is 2.37. The first-order chi connectivity index (χ1) is 14.8. The number of anilines is 1. The number of halogens is 2. The van der Waals surface area contributed by atoms with Crippen molar-refractivity contribution in [2.45, 2.75) is 26.1 Å². The number of ether oxygens (including phenoxy) is 3. The number of morpholine rings is 1. The molecule has 2 aromatic rings. The van der Waals surface area contributed by atoms with Crippen molar-refractivity contribution >= 4 is 44.7 Å². The maximum Gasteiger partial charge on any atom is 0.262 e. The maximum absolute atomic E-state index is 13.0. The summed E-state index contributed by atoms with van der Waals surface area (Å²) >= 11 is 9.21. The largest absolute Gasteiger partial charge is 0.493 e. The Morgan fingerprint density at radius 1 is 1.26 bits per heavy atom. The molecule has 31 heavy (non-hydrogen) atoms. The summed E-state index contributed by atoms with van der Waals surface area (Å²) in [5.41, 5.74) is 1.29. The van der Waals surface area contributed by atoms with Gasteiger partial charge in [-0.1, -0.05) is 12.2 Å². The summed E-state index contributed by atoms with van der Waals surface area (Å²) in [7, 11) is 1.53. The Hall–Kier alpha value is -2.23. The van der Waals surface area contributed by atoms with Crippen LogP contribution in [0.3, 0.4) is 0 Å². The van der Waals surface area contributed by atoms with Crippen molar-refractivity contribution in [1.29, 1.82) is 0 Å². The SMILES string of the molecule is COc1cc(C(=S)N2C[C@@H](C)O[C@@H](C)C2)cc(Br)c1OCC(=O)Nc1ccc(F)cc1. The Balaban J connectivity index is 1.69. The van der Waals surface area contributed by atoms with Crippen LogP contribution in [-0.4, -0.2) is 54.8 Å². The van der Waals surface area contributed by atoms with Gasteiger partial charge in [-0.25, -0.2) is 4.39 Å². The van der Waals surface area contributed by atoms with E-state index in [-0.39, 0.29) is 30.5 Å². The third kappa shape index (κ3) is 6.15. The fourth-order valence-corrected chi connectivity index (χ4v) is 4.20. The van der Waals surface area contributed by atoms with E-state index < -0.39 is 0 Å². The summed E-state index contributed by atoms with van der Waals surface area (Å²) in [6, 6.07) is 9.15. The summed E-state index contributed by atoms with van der Waals surface area (Å²) in [6.45, 7) is 5.23. The minimum absolute atomic E-state index is 0.0919. The smallest absolute Gasteiger partial charge is 0.262 e. The number of rotatable bonds is 6. The Morgan fingerprint density at radius 2 is 1.90 bits per heavy atom. The van der Waals surface area contributed by atoms with E-state index in [1.54, 1.807) is 6.07 Å². The number of carbonyl (C=O) groups is 1. The quantitative estimate of drug-likeness (QED) is 0.581. The van der Waals surface area contributed by atoms with E-state index in [9.17, 15) is 9.18 Å². The van der Waals surface area contributed by atoms with Crippen molar-refractivity contribution in [3.8, 4) is 11.5 Å². The average Bonchev–Trinajstić information content (AvgIpc) is 2.72. The van der Waals surface area contributed by atoms with Crippen LogP contribution in [0.5, 0.6) is 11.5 Å². The van der Waals surface area contributed by atoms with Gasteiger partial charge in [0.1, 0.15) is 10.8 Å². The van der Waals surface area contributed by atoms with Gasteiger partial charge in [-0.15, -0.1) is 0 Å². The molecule has 2 aromatic carbocycles. The fraction of sp³-hybridized carbons (Fsp3) is 0.364. The molecule has 1 N–H and O–H groups in total. The van der Waals surface area contributed by atoms with Crippen LogP contribution in [0.2, 0.25) is 0 Å². The fourth-order valence-electron chi connectivity index (χ4n) is 3.38. The molecule has 0 radical (unpaired) electrons. The molecule has 0 spiro atoms. The molecule has 3 rings (SSSR count). The zero-order valence-electron chi connectivity index (χ0n) is 17.5. The molecule has 1 heterocycles. The van der Waals surface area contributed by atoms with Crippen LogP contribution >= 0.6 is 28.1 Å². The van der Waals surface area contributed by atoms with E-state index in [4.69, 9.17) is 26.4 Å². The molecule has 0 aromatic heterocycles. The molecule has 1 aliphatic rings. The lowest BCUT2D eigenvalue weighted by molar-refractivity contribution is -0.118. The van der Waals surface area contributed by atoms with Crippen molar-refractivity contribution in [1.82, 2.24) is 4.90 Å². The number of nitrogens with zero attached hydrogens (tertiary/aromatic N) is 1. The first-order valence-electron chi connectivity index (χ1n) is 9.77. The molecule has 6 nitrogen and oxygen atoms in total. The van der Waals surface area contributed by atoms with Crippen molar-refractivity contribution in [3.63, 3.8) is 0 Å². The average molecular weight is 511 g/mol.